The van der Waals surface area contributed by atoms with Crippen LogP contribution in [0.2, 0.25) is 0 Å². The Labute approximate surface area is 91.3 Å². The van der Waals surface area contributed by atoms with Crippen molar-refractivity contribution in [1.29, 1.82) is 0 Å². The molecule has 0 aliphatic heterocycles. The molecule has 0 heterocycles. The van der Waals surface area contributed by atoms with Crippen molar-refractivity contribution in [3.8, 4) is 0 Å². The molecule has 0 amide bonds. The molecule has 0 saturated carbocycles. The van der Waals surface area contributed by atoms with E-state index < -0.39 is 24.5 Å². The Hall–Kier alpha value is -1.10. The average molecular weight is 235 g/mol. The van der Waals surface area contributed by atoms with Gasteiger partial charge in [-0.05, 0) is 36.6 Å². The van der Waals surface area contributed by atoms with E-state index >= 15 is 0 Å². The molecule has 0 saturated heterocycles. The van der Waals surface area contributed by atoms with Crippen LogP contribution in [0.25, 0.3) is 0 Å². The van der Waals surface area contributed by atoms with Gasteiger partial charge in [-0.15, -0.1) is 0 Å². The number of nitrogens with two attached hydrogens (primary N) is 1. The van der Waals surface area contributed by atoms with Crippen LogP contribution in [0.3, 0.4) is 0 Å². The average Bonchev–Trinajstić information content (AvgIpc) is 2.13. The van der Waals surface area contributed by atoms with E-state index in [0.717, 1.165) is 0 Å². The van der Waals surface area contributed by atoms with Gasteiger partial charge in [0, 0.05) is 12.5 Å². The van der Waals surface area contributed by atoms with Crippen molar-refractivity contribution in [2.75, 3.05) is 0 Å². The summed E-state index contributed by atoms with van der Waals surface area (Å²) in [5.41, 5.74) is 6.77. The van der Waals surface area contributed by atoms with Crippen molar-refractivity contribution in [1.82, 2.24) is 0 Å². The summed E-state index contributed by atoms with van der Waals surface area (Å²) in [5, 5.41) is 0. The standard InChI is InChI=1S/C11H13F4N/c1-7-6-8(12)2-3-9(7)10(16)4-5-11(13,14)15/h2-3,6,10H,4-5,16H2,1H3. The molecule has 1 aromatic rings. The van der Waals surface area contributed by atoms with Crippen LogP contribution >= 0.6 is 0 Å². The monoisotopic (exact) mass is 235 g/mol. The molecule has 0 spiro atoms. The summed E-state index contributed by atoms with van der Waals surface area (Å²) in [6.07, 6.45) is -5.31. The van der Waals surface area contributed by atoms with Gasteiger partial charge in [0.15, 0.2) is 0 Å². The van der Waals surface area contributed by atoms with Crippen LogP contribution in [0.1, 0.15) is 30.0 Å². The summed E-state index contributed by atoms with van der Waals surface area (Å²) in [7, 11) is 0. The minimum absolute atomic E-state index is 0.185. The Morgan fingerprint density at radius 1 is 1.31 bits per heavy atom. The van der Waals surface area contributed by atoms with Gasteiger partial charge in [0.25, 0.3) is 0 Å². The van der Waals surface area contributed by atoms with E-state index in [4.69, 9.17) is 5.73 Å². The molecule has 1 atom stereocenters. The predicted octanol–water partition coefficient (Wildman–Crippen LogP) is 3.48. The lowest BCUT2D eigenvalue weighted by molar-refractivity contribution is -0.136. The fourth-order valence-electron chi connectivity index (χ4n) is 1.53. The smallest absolute Gasteiger partial charge is 0.324 e. The minimum atomic E-state index is -4.20. The SMILES string of the molecule is Cc1cc(F)ccc1C(N)CCC(F)(F)F. The molecule has 1 nitrogen and oxygen atoms in total. The third kappa shape index (κ3) is 3.81. The number of aryl methyl sites for hydroxylation is 1. The Morgan fingerprint density at radius 3 is 2.44 bits per heavy atom. The Bertz CT molecular complexity index is 359. The zero-order chi connectivity index (χ0) is 12.3. The van der Waals surface area contributed by atoms with E-state index in [1.807, 2.05) is 0 Å². The van der Waals surface area contributed by atoms with Gasteiger partial charge in [0.1, 0.15) is 5.82 Å². The molecule has 1 rings (SSSR count). The molecule has 1 unspecified atom stereocenters. The van der Waals surface area contributed by atoms with Crippen LogP contribution in [-0.4, -0.2) is 6.18 Å². The van der Waals surface area contributed by atoms with Crippen molar-refractivity contribution in [2.24, 2.45) is 5.73 Å². The van der Waals surface area contributed by atoms with Crippen molar-refractivity contribution >= 4 is 0 Å². The maximum absolute atomic E-state index is 12.8. The van der Waals surface area contributed by atoms with Crippen LogP contribution < -0.4 is 5.73 Å². The number of rotatable bonds is 3. The van der Waals surface area contributed by atoms with Gasteiger partial charge >= 0.3 is 6.18 Å². The molecular weight excluding hydrogens is 222 g/mol. The van der Waals surface area contributed by atoms with Crippen LogP contribution in [0.4, 0.5) is 17.6 Å². The van der Waals surface area contributed by atoms with Gasteiger partial charge in [0.05, 0.1) is 0 Å². The first-order chi connectivity index (χ1) is 7.29. The fraction of sp³-hybridized carbons (Fsp3) is 0.455. The summed E-state index contributed by atoms with van der Waals surface area (Å²) >= 11 is 0. The van der Waals surface area contributed by atoms with Crippen LogP contribution in [-0.2, 0) is 0 Å². The minimum Gasteiger partial charge on any atom is -0.324 e. The van der Waals surface area contributed by atoms with Crippen LogP contribution in [0, 0.1) is 12.7 Å². The van der Waals surface area contributed by atoms with E-state index in [2.05, 4.69) is 0 Å². The lowest BCUT2D eigenvalue weighted by Crippen LogP contribution is -2.16. The van der Waals surface area contributed by atoms with Gasteiger partial charge < -0.3 is 5.73 Å². The highest BCUT2D eigenvalue weighted by atomic mass is 19.4. The van der Waals surface area contributed by atoms with Gasteiger partial charge in [0.2, 0.25) is 0 Å². The molecule has 0 aliphatic rings. The summed E-state index contributed by atoms with van der Waals surface area (Å²) < 4.78 is 48.7. The largest absolute Gasteiger partial charge is 0.389 e. The first kappa shape index (κ1) is 13.0. The zero-order valence-corrected chi connectivity index (χ0v) is 8.81. The molecule has 0 fully saturated rings. The second kappa shape index (κ2) is 4.82. The Morgan fingerprint density at radius 2 is 1.94 bits per heavy atom. The van der Waals surface area contributed by atoms with E-state index in [9.17, 15) is 17.6 Å². The third-order valence-electron chi connectivity index (χ3n) is 2.37. The van der Waals surface area contributed by atoms with Gasteiger partial charge in [-0.1, -0.05) is 6.07 Å². The molecule has 1 aromatic carbocycles. The first-order valence-corrected chi connectivity index (χ1v) is 4.88. The Balaban J connectivity index is 2.70. The maximum atomic E-state index is 12.8. The van der Waals surface area contributed by atoms with Gasteiger partial charge in [-0.3, -0.25) is 0 Å². The van der Waals surface area contributed by atoms with Crippen molar-refractivity contribution < 1.29 is 17.6 Å². The molecule has 90 valence electrons. The topological polar surface area (TPSA) is 26.0 Å². The van der Waals surface area contributed by atoms with E-state index in [1.54, 1.807) is 6.92 Å². The van der Waals surface area contributed by atoms with Crippen molar-refractivity contribution in [2.45, 2.75) is 32.0 Å². The number of benzene rings is 1. The predicted molar refractivity (Wildman–Crippen MR) is 53.4 cm³/mol. The van der Waals surface area contributed by atoms with Crippen LogP contribution in [0.5, 0.6) is 0 Å². The molecule has 5 heteroatoms. The number of hydrogen-bond acceptors (Lipinski definition) is 1. The number of alkyl halides is 3. The number of halogens is 4. The first-order valence-electron chi connectivity index (χ1n) is 4.88. The van der Waals surface area contributed by atoms with Crippen LogP contribution in [0.15, 0.2) is 18.2 Å². The second-order valence-corrected chi connectivity index (χ2v) is 3.76. The lowest BCUT2D eigenvalue weighted by Gasteiger charge is -2.15. The van der Waals surface area contributed by atoms with E-state index in [1.165, 1.54) is 18.2 Å². The molecule has 2 N–H and O–H groups in total. The van der Waals surface area contributed by atoms with Crippen molar-refractivity contribution in [3.05, 3.63) is 35.1 Å². The molecular formula is C11H13F4N. The molecule has 0 aliphatic carbocycles. The summed E-state index contributed by atoms with van der Waals surface area (Å²) in [6.45, 7) is 1.63. The maximum Gasteiger partial charge on any atom is 0.389 e. The third-order valence-corrected chi connectivity index (χ3v) is 2.37. The zero-order valence-electron chi connectivity index (χ0n) is 8.81. The van der Waals surface area contributed by atoms with E-state index in [0.29, 0.717) is 11.1 Å². The quantitative estimate of drug-likeness (QED) is 0.797. The van der Waals surface area contributed by atoms with Crippen molar-refractivity contribution in [3.63, 3.8) is 0 Å². The Kier molecular flexibility index (Phi) is 3.91. The highest BCUT2D eigenvalue weighted by molar-refractivity contribution is 5.29. The summed E-state index contributed by atoms with van der Waals surface area (Å²) in [6, 6.07) is 3.20. The highest BCUT2D eigenvalue weighted by Gasteiger charge is 2.28. The fourth-order valence-corrected chi connectivity index (χ4v) is 1.53. The summed E-state index contributed by atoms with van der Waals surface area (Å²) in [5.74, 6) is -0.413. The molecule has 0 bridgehead atoms. The molecule has 16 heavy (non-hydrogen) atoms. The number of hydrogen-bond donors (Lipinski definition) is 1. The van der Waals surface area contributed by atoms with E-state index in [-0.39, 0.29) is 6.42 Å². The second-order valence-electron chi connectivity index (χ2n) is 3.76. The molecule has 0 aromatic heterocycles. The summed E-state index contributed by atoms with van der Waals surface area (Å²) in [4.78, 5) is 0. The lowest BCUT2D eigenvalue weighted by atomic mass is 9.98. The normalized spacial score (nSPS) is 13.9. The van der Waals surface area contributed by atoms with Gasteiger partial charge in [-0.25, -0.2) is 4.39 Å². The van der Waals surface area contributed by atoms with Gasteiger partial charge in [-0.2, -0.15) is 13.2 Å². The highest BCUT2D eigenvalue weighted by Crippen LogP contribution is 2.27. The molecule has 0 radical (unpaired) electrons.